The van der Waals surface area contributed by atoms with E-state index in [1.54, 1.807) is 0 Å². The van der Waals surface area contributed by atoms with E-state index in [-0.39, 0.29) is 28.8 Å². The molecule has 4 aliphatic carbocycles. The Hall–Kier alpha value is -0.870. The molecule has 0 saturated heterocycles. The summed E-state index contributed by atoms with van der Waals surface area (Å²) in [7, 11) is 0. The van der Waals surface area contributed by atoms with Crippen molar-refractivity contribution in [3.8, 4) is 0 Å². The molecule has 8 atom stereocenters. The second-order valence-electron chi connectivity index (χ2n) is 8.66. The summed E-state index contributed by atoms with van der Waals surface area (Å²) in [4.78, 5) is 11.9. The number of ether oxygens (including phenoxy) is 1. The van der Waals surface area contributed by atoms with Crippen LogP contribution in [0, 0.1) is 28.1 Å². The van der Waals surface area contributed by atoms with Crippen molar-refractivity contribution in [2.24, 2.45) is 28.1 Å². The van der Waals surface area contributed by atoms with Crippen molar-refractivity contribution in [2.45, 2.75) is 71.7 Å². The highest BCUT2D eigenvalue weighted by Gasteiger charge is 2.75. The minimum atomic E-state index is -0.577. The van der Waals surface area contributed by atoms with E-state index in [1.807, 2.05) is 13.8 Å². The minimum absolute atomic E-state index is 0.212. The van der Waals surface area contributed by atoms with Gasteiger partial charge in [0.2, 0.25) is 0 Å². The Bertz CT molecular complexity index is 527. The van der Waals surface area contributed by atoms with Crippen LogP contribution in [0.1, 0.15) is 53.4 Å². The maximum absolute atomic E-state index is 11.9. The van der Waals surface area contributed by atoms with Crippen molar-refractivity contribution < 1.29 is 19.7 Å². The summed E-state index contributed by atoms with van der Waals surface area (Å²) in [6, 6.07) is 0. The first kappa shape index (κ1) is 17.0. The molecular formula is C19H30O4. The molecule has 0 aromatic carbocycles. The molecule has 4 rings (SSSR count). The summed E-state index contributed by atoms with van der Waals surface area (Å²) < 4.78 is 5.80. The molecule has 4 saturated carbocycles. The largest absolute Gasteiger partial charge is 0.458 e. The molecule has 0 aromatic heterocycles. The molecule has 0 spiro atoms. The van der Waals surface area contributed by atoms with E-state index in [0.717, 1.165) is 25.7 Å². The van der Waals surface area contributed by atoms with Gasteiger partial charge in [-0.2, -0.15) is 0 Å². The molecule has 8 unspecified atom stereocenters. The maximum Gasteiger partial charge on any atom is 0.330 e. The van der Waals surface area contributed by atoms with Gasteiger partial charge in [0.25, 0.3) is 0 Å². The Labute approximate surface area is 138 Å². The third kappa shape index (κ3) is 1.88. The molecule has 4 aliphatic rings. The predicted octanol–water partition coefficient (Wildman–Crippen LogP) is 2.68. The standard InChI is InChI=1S/C19H30O4/c1-6-15(22)23-16-14-7-13-8-17(16,4)18(5,11(2)20)19(9-13,10-14)12(3)21/h6,11-14,16,20-21H,1,7-10H2,2-5H3. The zero-order chi connectivity index (χ0) is 17.2. The first-order valence-electron chi connectivity index (χ1n) is 8.81. The number of carbonyl (C=O) groups excluding carboxylic acids is 1. The molecule has 0 radical (unpaired) electrons. The summed E-state index contributed by atoms with van der Waals surface area (Å²) in [5.74, 6) is 0.416. The smallest absolute Gasteiger partial charge is 0.330 e. The lowest BCUT2D eigenvalue weighted by molar-refractivity contribution is -0.319. The van der Waals surface area contributed by atoms with Crippen LogP contribution in [-0.2, 0) is 9.53 Å². The zero-order valence-electron chi connectivity index (χ0n) is 14.7. The second kappa shape index (κ2) is 5.06. The summed E-state index contributed by atoms with van der Waals surface area (Å²) in [6.45, 7) is 11.4. The van der Waals surface area contributed by atoms with Gasteiger partial charge >= 0.3 is 5.97 Å². The van der Waals surface area contributed by atoms with Crippen molar-refractivity contribution in [1.29, 1.82) is 0 Å². The average molecular weight is 322 g/mol. The van der Waals surface area contributed by atoms with Crippen LogP contribution in [0.4, 0.5) is 0 Å². The van der Waals surface area contributed by atoms with Crippen molar-refractivity contribution in [3.05, 3.63) is 12.7 Å². The molecule has 130 valence electrons. The molecule has 23 heavy (non-hydrogen) atoms. The topological polar surface area (TPSA) is 66.8 Å². The van der Waals surface area contributed by atoms with Gasteiger partial charge in [0.15, 0.2) is 0 Å². The average Bonchev–Trinajstić information content (AvgIpc) is 2.47. The van der Waals surface area contributed by atoms with Gasteiger partial charge in [-0.15, -0.1) is 0 Å². The first-order chi connectivity index (χ1) is 10.6. The van der Waals surface area contributed by atoms with Crippen molar-refractivity contribution >= 4 is 5.97 Å². The molecule has 4 fully saturated rings. The Balaban J connectivity index is 2.12. The lowest BCUT2D eigenvalue weighted by atomic mass is 9.31. The number of aliphatic hydroxyl groups is 2. The Morgan fingerprint density at radius 3 is 2.39 bits per heavy atom. The van der Waals surface area contributed by atoms with Crippen molar-refractivity contribution in [2.75, 3.05) is 0 Å². The third-order valence-corrected chi connectivity index (χ3v) is 7.95. The number of esters is 1. The van der Waals surface area contributed by atoms with Crippen LogP contribution in [-0.4, -0.2) is 34.5 Å². The van der Waals surface area contributed by atoms with Crippen LogP contribution in [0.3, 0.4) is 0 Å². The van der Waals surface area contributed by atoms with E-state index in [0.29, 0.717) is 5.92 Å². The van der Waals surface area contributed by atoms with Crippen LogP contribution < -0.4 is 0 Å². The summed E-state index contributed by atoms with van der Waals surface area (Å²) >= 11 is 0. The minimum Gasteiger partial charge on any atom is -0.458 e. The Morgan fingerprint density at radius 1 is 1.22 bits per heavy atom. The highest BCUT2D eigenvalue weighted by molar-refractivity contribution is 5.81. The summed E-state index contributed by atoms with van der Waals surface area (Å²) in [5, 5.41) is 21.5. The maximum atomic E-state index is 11.9. The van der Waals surface area contributed by atoms with E-state index in [9.17, 15) is 15.0 Å². The highest BCUT2D eigenvalue weighted by Crippen LogP contribution is 2.75. The third-order valence-electron chi connectivity index (χ3n) is 7.95. The van der Waals surface area contributed by atoms with E-state index < -0.39 is 17.6 Å². The first-order valence-corrected chi connectivity index (χ1v) is 8.81. The Kier molecular flexibility index (Phi) is 3.73. The van der Waals surface area contributed by atoms with Crippen LogP contribution >= 0.6 is 0 Å². The number of hydrogen-bond donors (Lipinski definition) is 2. The van der Waals surface area contributed by atoms with E-state index in [1.165, 1.54) is 6.08 Å². The van der Waals surface area contributed by atoms with Crippen molar-refractivity contribution in [3.63, 3.8) is 0 Å². The monoisotopic (exact) mass is 322 g/mol. The number of carbonyl (C=O) groups is 1. The van der Waals surface area contributed by atoms with Gasteiger partial charge < -0.3 is 14.9 Å². The van der Waals surface area contributed by atoms with Crippen LogP contribution in [0.5, 0.6) is 0 Å². The lowest BCUT2D eigenvalue weighted by Crippen LogP contribution is -2.75. The Morgan fingerprint density at radius 2 is 1.87 bits per heavy atom. The SMILES string of the molecule is C=CC(=O)OC1C2CC3CC1(C)C(C)(C(C)O)C(C(C)O)(C3)C2. The zero-order valence-corrected chi connectivity index (χ0v) is 14.7. The summed E-state index contributed by atoms with van der Waals surface area (Å²) in [5.41, 5.74) is -1.13. The van der Waals surface area contributed by atoms with Gasteiger partial charge in [0.05, 0.1) is 12.2 Å². The highest BCUT2D eigenvalue weighted by atomic mass is 16.5. The molecule has 0 amide bonds. The van der Waals surface area contributed by atoms with Gasteiger partial charge in [0.1, 0.15) is 6.10 Å². The van der Waals surface area contributed by atoms with E-state index in [4.69, 9.17) is 4.74 Å². The lowest BCUT2D eigenvalue weighted by Gasteiger charge is -2.74. The van der Waals surface area contributed by atoms with Crippen molar-refractivity contribution in [1.82, 2.24) is 0 Å². The summed E-state index contributed by atoms with van der Waals surface area (Å²) in [6.07, 6.45) is 3.71. The molecule has 4 bridgehead atoms. The fraction of sp³-hybridized carbons (Fsp3) is 0.842. The van der Waals surface area contributed by atoms with Crippen LogP contribution in [0.2, 0.25) is 0 Å². The quantitative estimate of drug-likeness (QED) is 0.617. The second-order valence-corrected chi connectivity index (χ2v) is 8.66. The van der Waals surface area contributed by atoms with Gasteiger partial charge in [-0.25, -0.2) is 4.79 Å². The fourth-order valence-corrected chi connectivity index (χ4v) is 6.85. The predicted molar refractivity (Wildman–Crippen MR) is 87.5 cm³/mol. The number of aliphatic hydroxyl groups excluding tert-OH is 2. The van der Waals surface area contributed by atoms with E-state index >= 15 is 0 Å². The van der Waals surface area contributed by atoms with E-state index in [2.05, 4.69) is 20.4 Å². The molecule has 4 nitrogen and oxygen atoms in total. The van der Waals surface area contributed by atoms with Gasteiger partial charge in [0, 0.05) is 22.3 Å². The molecule has 0 aromatic rings. The molecular weight excluding hydrogens is 292 g/mol. The molecule has 0 aliphatic heterocycles. The number of hydrogen-bond acceptors (Lipinski definition) is 4. The van der Waals surface area contributed by atoms with Gasteiger partial charge in [-0.3, -0.25) is 0 Å². The fourth-order valence-electron chi connectivity index (χ4n) is 6.85. The number of rotatable bonds is 4. The molecule has 2 N–H and O–H groups in total. The van der Waals surface area contributed by atoms with Gasteiger partial charge in [-0.1, -0.05) is 20.4 Å². The van der Waals surface area contributed by atoms with Crippen LogP contribution in [0.25, 0.3) is 0 Å². The van der Waals surface area contributed by atoms with Gasteiger partial charge in [-0.05, 0) is 51.4 Å². The van der Waals surface area contributed by atoms with Crippen LogP contribution in [0.15, 0.2) is 12.7 Å². The molecule has 0 heterocycles. The molecule has 4 heteroatoms. The normalized spacial score (nSPS) is 50.4.